The number of carboxylic acid groups (broad SMARTS) is 1. The largest absolute Gasteiger partial charge is 1.00 e. The van der Waals surface area contributed by atoms with Gasteiger partial charge in [0.05, 0.1) is 23.6 Å². The molecule has 0 saturated heterocycles. The molecule has 11 N–H and O–H groups in total. The van der Waals surface area contributed by atoms with E-state index in [1.165, 1.54) is 37.2 Å². The molecule has 5 rings (SSSR count). The van der Waals surface area contributed by atoms with Crippen LogP contribution in [-0.2, 0) is 24.8 Å². The number of ketones is 2. The van der Waals surface area contributed by atoms with E-state index in [4.69, 9.17) is 15.4 Å². The summed E-state index contributed by atoms with van der Waals surface area (Å²) in [7, 11) is -1.78. The van der Waals surface area contributed by atoms with E-state index < -0.39 is 97.8 Å². The van der Waals surface area contributed by atoms with E-state index in [-0.39, 0.29) is 53.3 Å². The summed E-state index contributed by atoms with van der Waals surface area (Å²) >= 11 is 0. The van der Waals surface area contributed by atoms with Crippen LogP contribution in [0.3, 0.4) is 0 Å². The molecule has 3 aliphatic carbocycles. The summed E-state index contributed by atoms with van der Waals surface area (Å²) in [6, 6.07) is 8.19. The number of carbonyl (C=O) groups is 4. The van der Waals surface area contributed by atoms with Crippen LogP contribution >= 0.6 is 0 Å². The smallest absolute Gasteiger partial charge is 1.00 e. The molecule has 1 fully saturated rings. The fraction of sp³-hybridized carbons (Fsp3) is 0.310. The van der Waals surface area contributed by atoms with Crippen LogP contribution in [0.5, 0.6) is 11.5 Å². The van der Waals surface area contributed by atoms with Gasteiger partial charge in [-0.05, 0) is 43.8 Å². The Kier molecular flexibility index (Phi) is 12.0. The molecular weight excluding hydrogens is 671 g/mol. The molecule has 0 bridgehead atoms. The Hall–Kier alpha value is -3.85. The molecule has 0 aromatic heterocycles. The number of phenolic OH excluding ortho intramolecular Hbond substituents is 1. The zero-order chi connectivity index (χ0) is 34.6. The molecule has 3 aliphatic rings. The van der Waals surface area contributed by atoms with Crippen molar-refractivity contribution in [1.29, 1.82) is 0 Å². The minimum absolute atomic E-state index is 0. The van der Waals surface area contributed by atoms with E-state index in [9.17, 15) is 53.1 Å². The molecule has 0 aliphatic heterocycles. The Bertz CT molecular complexity index is 1850. The van der Waals surface area contributed by atoms with Crippen molar-refractivity contribution in [2.24, 2.45) is 17.6 Å². The van der Waals surface area contributed by atoms with Gasteiger partial charge in [-0.1, -0.05) is 31.2 Å². The second kappa shape index (κ2) is 14.3. The molecule has 19 heteroatoms. The van der Waals surface area contributed by atoms with Gasteiger partial charge in [0.2, 0.25) is 5.78 Å². The standard InChI is InChI=1S/C22H24N2O8.C7H6O6S.Na.H2O.H/c1-7-8-5-4-6-9(25)11(8)16(26)12-10(7)17(27)14-15(24(2)3)18(28)13(21(23)31)20(30)22(14,32)19(12)29;8-7(9)5-3-1-2-4-6(5)13-14(10,11)12;;;/h4-7,10,14-15,17,25-27,30,32H,1-3H3,(H2,23,31);1-4H,(H,8,9)(H,10,11,12);;1H2;/q;;+1;;-1/t7-,10+,14+,15-,17-,22-;;;;/m0..../s1. The van der Waals surface area contributed by atoms with Crippen molar-refractivity contribution in [1.82, 2.24) is 4.90 Å². The number of fused-ring (bicyclic) bond motifs is 3. The molecule has 256 valence electrons. The number of likely N-dealkylation sites (N-methyl/N-ethyl adjacent to an activating group) is 1. The predicted molar refractivity (Wildman–Crippen MR) is 161 cm³/mol. The number of benzene rings is 2. The van der Waals surface area contributed by atoms with E-state index >= 15 is 0 Å². The Morgan fingerprint density at radius 2 is 1.62 bits per heavy atom. The molecule has 0 unspecified atom stereocenters. The number of carboxylic acids is 1. The number of phenols is 1. The first-order valence-electron chi connectivity index (χ1n) is 13.4. The summed E-state index contributed by atoms with van der Waals surface area (Å²) in [5, 5.41) is 63.5. The van der Waals surface area contributed by atoms with Crippen LogP contribution < -0.4 is 39.5 Å². The number of hydrogen-bond donors (Lipinski definition) is 8. The molecule has 2 aromatic rings. The third-order valence-corrected chi connectivity index (χ3v) is 8.70. The number of aliphatic hydroxyl groups is 4. The SMILES string of the molecule is C[C@H]1c2cccc(O)c2C(O)=C2C(=O)[C@]3(O)C(O)=C(C(N)=O)C(=O)[C@@H](N(C)C)[C@@H]3[C@@H](O)[C@@H]21.O.O=C(O)c1ccccc1OS(=O)(=O)O.[H-].[Na+]. The van der Waals surface area contributed by atoms with Crippen molar-refractivity contribution in [2.45, 2.75) is 30.6 Å². The van der Waals surface area contributed by atoms with Gasteiger partial charge in [0.25, 0.3) is 5.91 Å². The fourth-order valence-electron chi connectivity index (χ4n) is 6.41. The Balaban J connectivity index is 0.000000602. The van der Waals surface area contributed by atoms with Crippen molar-refractivity contribution < 1.29 is 103 Å². The zero-order valence-corrected chi connectivity index (χ0v) is 28.7. The summed E-state index contributed by atoms with van der Waals surface area (Å²) in [6.45, 7) is 1.68. The second-order valence-corrected chi connectivity index (χ2v) is 12.1. The average molecular weight is 705 g/mol. The molecule has 1 saturated carbocycles. The second-order valence-electron chi connectivity index (χ2n) is 11.1. The topological polar surface area (TPSA) is 314 Å². The van der Waals surface area contributed by atoms with E-state index in [1.807, 2.05) is 0 Å². The van der Waals surface area contributed by atoms with Crippen molar-refractivity contribution in [3.05, 3.63) is 76.1 Å². The normalized spacial score (nSPS) is 26.1. The maximum Gasteiger partial charge on any atom is 1.00 e. The number of aliphatic hydroxyl groups excluding tert-OH is 3. The number of para-hydroxylation sites is 1. The number of nitrogens with zero attached hydrogens (tertiary/aromatic N) is 1. The summed E-state index contributed by atoms with van der Waals surface area (Å²) in [6.07, 6.45) is -1.59. The van der Waals surface area contributed by atoms with Crippen LogP contribution in [0.4, 0.5) is 0 Å². The van der Waals surface area contributed by atoms with Gasteiger partial charge in [-0.15, -0.1) is 0 Å². The zero-order valence-electron chi connectivity index (χ0n) is 26.8. The first-order chi connectivity index (χ1) is 21.3. The maximum absolute atomic E-state index is 13.7. The Morgan fingerprint density at radius 1 is 1.04 bits per heavy atom. The van der Waals surface area contributed by atoms with Crippen LogP contribution in [0.15, 0.2) is 59.4 Å². The van der Waals surface area contributed by atoms with Gasteiger partial charge in [0.1, 0.15) is 28.4 Å². The molecule has 1 amide bonds. The van der Waals surface area contributed by atoms with Gasteiger partial charge >= 0.3 is 45.9 Å². The van der Waals surface area contributed by atoms with Crippen molar-refractivity contribution in [3.63, 3.8) is 0 Å². The molecule has 0 spiro atoms. The van der Waals surface area contributed by atoms with Gasteiger partial charge in [0, 0.05) is 11.5 Å². The minimum atomic E-state index is -4.70. The fourth-order valence-corrected chi connectivity index (χ4v) is 6.78. The minimum Gasteiger partial charge on any atom is -1.00 e. The summed E-state index contributed by atoms with van der Waals surface area (Å²) in [4.78, 5) is 50.5. The van der Waals surface area contributed by atoms with E-state index in [2.05, 4.69) is 4.18 Å². The van der Waals surface area contributed by atoms with Crippen molar-refractivity contribution in [2.75, 3.05) is 14.1 Å². The Labute approximate surface area is 296 Å². The van der Waals surface area contributed by atoms with Gasteiger partial charge in [0.15, 0.2) is 17.1 Å². The molecule has 6 atom stereocenters. The Morgan fingerprint density at radius 3 is 2.15 bits per heavy atom. The number of aromatic hydroxyl groups is 1. The van der Waals surface area contributed by atoms with E-state index in [0.29, 0.717) is 5.56 Å². The van der Waals surface area contributed by atoms with Crippen LogP contribution in [-0.4, -0.2) is 109 Å². The quantitative estimate of drug-likeness (QED) is 0.0845. The number of Topliss-reactive ketones (excluding diaryl/α,β-unsaturated/α-hetero) is 2. The van der Waals surface area contributed by atoms with Gasteiger partial charge in [-0.25, -0.2) is 4.79 Å². The van der Waals surface area contributed by atoms with Crippen LogP contribution in [0, 0.1) is 11.8 Å². The number of carbonyl (C=O) groups excluding carboxylic acids is 3. The predicted octanol–water partition coefficient (Wildman–Crippen LogP) is -3.65. The molecule has 2 aromatic carbocycles. The monoisotopic (exact) mass is 704 g/mol. The first-order valence-corrected chi connectivity index (χ1v) is 14.8. The summed E-state index contributed by atoms with van der Waals surface area (Å²) in [5.74, 6) is -10.6. The maximum atomic E-state index is 13.7. The third kappa shape index (κ3) is 6.58. The third-order valence-electron chi connectivity index (χ3n) is 8.31. The summed E-state index contributed by atoms with van der Waals surface area (Å²) in [5.41, 5.74) is 1.13. The first kappa shape index (κ1) is 40.3. The van der Waals surface area contributed by atoms with Crippen molar-refractivity contribution >= 4 is 39.6 Å². The summed E-state index contributed by atoms with van der Waals surface area (Å²) < 4.78 is 33.0. The van der Waals surface area contributed by atoms with Crippen LogP contribution in [0.1, 0.15) is 35.8 Å². The number of hydrogen-bond acceptors (Lipinski definition) is 13. The molecular formula is C29H33N2NaO15S. The van der Waals surface area contributed by atoms with Crippen LogP contribution in [0.25, 0.3) is 5.76 Å². The molecule has 0 radical (unpaired) electrons. The van der Waals surface area contributed by atoms with Gasteiger partial charge < -0.3 is 47.5 Å². The van der Waals surface area contributed by atoms with Gasteiger partial charge in [-0.3, -0.25) is 23.8 Å². The van der Waals surface area contributed by atoms with Crippen LogP contribution in [0.2, 0.25) is 0 Å². The molecule has 48 heavy (non-hydrogen) atoms. The number of aromatic carboxylic acids is 1. The molecule has 17 nitrogen and oxygen atoms in total. The number of primary amides is 1. The number of amides is 1. The number of rotatable bonds is 5. The average Bonchev–Trinajstić information content (AvgIpc) is 2.94. The van der Waals surface area contributed by atoms with Crippen molar-refractivity contribution in [3.8, 4) is 11.5 Å². The molecule has 0 heterocycles. The van der Waals surface area contributed by atoms with E-state index in [0.717, 1.165) is 12.1 Å². The number of nitrogens with two attached hydrogens (primary N) is 1. The van der Waals surface area contributed by atoms with Gasteiger partial charge in [-0.2, -0.15) is 8.42 Å². The van der Waals surface area contributed by atoms with E-state index in [1.54, 1.807) is 19.1 Å².